The summed E-state index contributed by atoms with van der Waals surface area (Å²) in [6.45, 7) is 8.63. The molecule has 0 saturated heterocycles. The Morgan fingerprint density at radius 2 is 0.979 bits per heavy atom. The highest BCUT2D eigenvalue weighted by Crippen LogP contribution is 2.52. The minimum Gasteiger partial charge on any atom is -0.355 e. The monoisotopic (exact) mass is 1280 g/mol. The van der Waals surface area contributed by atoms with Crippen LogP contribution in [0.4, 0.5) is 57.0 Å². The molecular weight excluding hydrogens is 1220 g/mol. The van der Waals surface area contributed by atoms with E-state index in [0.717, 1.165) is 75.3 Å². The zero-order valence-corrected chi connectivity index (χ0v) is 55.5. The molecule has 97 heavy (non-hydrogen) atoms. The van der Waals surface area contributed by atoms with Gasteiger partial charge in [-0.2, -0.15) is 0 Å². The van der Waals surface area contributed by atoms with Crippen LogP contribution in [0, 0.1) is 0 Å². The van der Waals surface area contributed by atoms with E-state index in [2.05, 4.69) is 350 Å². The van der Waals surface area contributed by atoms with Crippen molar-refractivity contribution in [2.45, 2.75) is 32.1 Å². The van der Waals surface area contributed by atoms with Crippen LogP contribution in [0.5, 0.6) is 0 Å². The van der Waals surface area contributed by atoms with Gasteiger partial charge in [-0.15, -0.1) is 22.7 Å². The van der Waals surface area contributed by atoms with E-state index in [1.54, 1.807) is 0 Å². The van der Waals surface area contributed by atoms with E-state index in [9.17, 15) is 0 Å². The standard InChI is InChI=1S/C54H41N3S.C36H26N2S/c1-4-34-19-29-42-43-30-25-39(33-47(43)54(2,3)46(42)31-34)55-51-18-10-15-48(56-51)44-13-9-17-50-52(44)45-14-8-16-49(53(45)58-50)57(41-28-24-37-20-21-38(37)32-41)40-26-22-36(23-27-40)35-11-6-5-7-12-35;1-4-10-28(11-5-1)37-29-19-22-33-34-24-27(18-23-35(34)39-36(33)25-29)26-16-20-32(21-17-26)38(30-12-6-2-7-13-30)31-14-8-3-9-15-31/h4-19,22-33H,1,20-21H2,2-3H3,(H,55,56);1-25,37H. The van der Waals surface area contributed by atoms with Gasteiger partial charge in [-0.1, -0.05) is 208 Å². The number of thiophene rings is 2. The number of nitrogens with zero attached hydrogens (tertiary/aromatic N) is 3. The second kappa shape index (κ2) is 24.9. The highest BCUT2D eigenvalue weighted by atomic mass is 32.1. The van der Waals surface area contributed by atoms with E-state index in [-0.39, 0.29) is 5.41 Å². The number of pyridine rings is 1. The van der Waals surface area contributed by atoms with Gasteiger partial charge in [0.25, 0.3) is 0 Å². The zero-order chi connectivity index (χ0) is 65.0. The van der Waals surface area contributed by atoms with Crippen LogP contribution >= 0.6 is 22.7 Å². The number of anilines is 10. The number of fused-ring (bicyclic) bond motifs is 10. The molecule has 0 unspecified atom stereocenters. The van der Waals surface area contributed by atoms with Crippen LogP contribution in [0.3, 0.4) is 0 Å². The van der Waals surface area contributed by atoms with Crippen molar-refractivity contribution in [3.8, 4) is 44.6 Å². The van der Waals surface area contributed by atoms with Crippen molar-refractivity contribution in [1.29, 1.82) is 0 Å². The first-order chi connectivity index (χ1) is 47.7. The molecular formula is C90H67N5S2. The topological polar surface area (TPSA) is 43.4 Å². The average Bonchev–Trinajstić information content (AvgIpc) is 1.61. The molecule has 0 fully saturated rings. The first kappa shape index (κ1) is 59.2. The van der Waals surface area contributed by atoms with Gasteiger partial charge in [-0.25, -0.2) is 4.98 Å². The van der Waals surface area contributed by atoms with Gasteiger partial charge in [0, 0.05) is 92.1 Å². The summed E-state index contributed by atoms with van der Waals surface area (Å²) in [5, 5.41) is 12.3. The fourth-order valence-corrected chi connectivity index (χ4v) is 16.7. The summed E-state index contributed by atoms with van der Waals surface area (Å²) in [5.41, 5.74) is 26.3. The lowest BCUT2D eigenvalue weighted by atomic mass is 9.82. The maximum Gasteiger partial charge on any atom is 0.131 e. The Kier molecular flexibility index (Phi) is 15.2. The third kappa shape index (κ3) is 11.2. The van der Waals surface area contributed by atoms with Crippen LogP contribution in [0.1, 0.15) is 41.7 Å². The maximum absolute atomic E-state index is 5.25. The number of aryl methyl sites for hydroxylation is 2. The summed E-state index contributed by atoms with van der Waals surface area (Å²) in [5.74, 6) is 0.822. The van der Waals surface area contributed by atoms with Crippen molar-refractivity contribution in [3.63, 3.8) is 0 Å². The smallest absolute Gasteiger partial charge is 0.131 e. The van der Waals surface area contributed by atoms with Crippen molar-refractivity contribution in [2.75, 3.05) is 20.4 Å². The highest BCUT2D eigenvalue weighted by Gasteiger charge is 2.36. The first-order valence-corrected chi connectivity index (χ1v) is 34.9. The van der Waals surface area contributed by atoms with E-state index < -0.39 is 0 Å². The van der Waals surface area contributed by atoms with E-state index in [1.807, 2.05) is 34.8 Å². The van der Waals surface area contributed by atoms with E-state index >= 15 is 0 Å². The van der Waals surface area contributed by atoms with Crippen LogP contribution in [0.25, 0.3) is 91.1 Å². The van der Waals surface area contributed by atoms with Crippen molar-refractivity contribution >= 4 is 126 Å². The molecule has 0 aliphatic heterocycles. The number of nitrogens with one attached hydrogen (secondary N) is 2. The molecule has 0 bridgehead atoms. The van der Waals surface area contributed by atoms with E-state index in [1.165, 1.54) is 107 Å². The lowest BCUT2D eigenvalue weighted by Crippen LogP contribution is -2.15. The minimum atomic E-state index is -0.117. The lowest BCUT2D eigenvalue weighted by Gasteiger charge is -2.29. The SMILES string of the molecule is C=Cc1ccc2c(c1)C(C)(C)c1cc(Nc3cccc(-c4cccc5sc6c(N(c7ccc(-c8ccccc8)cc7)c7ccc8c(c7)CC8)cccc6c45)n3)ccc1-2.c1ccc(Nc2ccc3c(c2)sc2ccc(-c4ccc(N(c5ccccc5)c5ccccc5)cc4)cc23)cc1. The molecule has 7 heteroatoms. The molecule has 464 valence electrons. The van der Waals surface area contributed by atoms with Crippen LogP contribution in [-0.4, -0.2) is 4.98 Å². The van der Waals surface area contributed by atoms with Gasteiger partial charge in [0.15, 0.2) is 0 Å². The van der Waals surface area contributed by atoms with Gasteiger partial charge in [0.1, 0.15) is 5.82 Å². The molecule has 0 spiro atoms. The summed E-state index contributed by atoms with van der Waals surface area (Å²) in [4.78, 5) is 9.99. The van der Waals surface area contributed by atoms with Gasteiger partial charge in [-0.3, -0.25) is 0 Å². The van der Waals surface area contributed by atoms with Gasteiger partial charge >= 0.3 is 0 Å². The molecule has 2 aliphatic carbocycles. The van der Waals surface area contributed by atoms with E-state index in [0.29, 0.717) is 0 Å². The molecule has 0 amide bonds. The van der Waals surface area contributed by atoms with Crippen molar-refractivity contribution < 1.29 is 0 Å². The Labute approximate surface area is 574 Å². The number of rotatable bonds is 14. The third-order valence-corrected chi connectivity index (χ3v) is 21.7. The lowest BCUT2D eigenvalue weighted by molar-refractivity contribution is 0.660. The molecule has 3 heterocycles. The van der Waals surface area contributed by atoms with Crippen LogP contribution in [0.2, 0.25) is 0 Å². The molecule has 18 rings (SSSR count). The van der Waals surface area contributed by atoms with Gasteiger partial charge in [-0.05, 0) is 207 Å². The molecule has 13 aromatic carbocycles. The molecule has 2 N–H and O–H groups in total. The normalized spacial score (nSPS) is 12.5. The molecule has 0 atom stereocenters. The highest BCUT2D eigenvalue weighted by molar-refractivity contribution is 7.26. The third-order valence-electron chi connectivity index (χ3n) is 19.3. The molecule has 3 aromatic heterocycles. The summed E-state index contributed by atoms with van der Waals surface area (Å²) in [7, 11) is 0. The van der Waals surface area contributed by atoms with Gasteiger partial charge in [0.2, 0.25) is 0 Å². The number of aromatic nitrogens is 1. The second-order valence-corrected chi connectivity index (χ2v) is 27.8. The summed E-state index contributed by atoms with van der Waals surface area (Å²) in [6, 6.07) is 114. The quantitative estimate of drug-likeness (QED) is 0.114. The maximum atomic E-state index is 5.25. The summed E-state index contributed by atoms with van der Waals surface area (Å²) >= 11 is 3.71. The Bertz CT molecular complexity index is 5580. The Morgan fingerprint density at radius 3 is 1.69 bits per heavy atom. The Balaban J connectivity index is 0.000000158. The van der Waals surface area contributed by atoms with E-state index in [4.69, 9.17) is 4.98 Å². The first-order valence-electron chi connectivity index (χ1n) is 33.2. The van der Waals surface area contributed by atoms with Crippen molar-refractivity contribution in [2.24, 2.45) is 0 Å². The van der Waals surface area contributed by atoms with Crippen LogP contribution in [-0.2, 0) is 18.3 Å². The molecule has 5 nitrogen and oxygen atoms in total. The Hall–Kier alpha value is -11.6. The number of benzene rings is 13. The molecule has 2 aliphatic rings. The predicted octanol–water partition coefficient (Wildman–Crippen LogP) is 26.0. The average molecular weight is 1280 g/mol. The second-order valence-electron chi connectivity index (χ2n) is 25.6. The predicted molar refractivity (Wildman–Crippen MR) is 417 cm³/mol. The summed E-state index contributed by atoms with van der Waals surface area (Å²) in [6.07, 6.45) is 4.23. The fourth-order valence-electron chi connectivity index (χ4n) is 14.3. The molecule has 16 aromatic rings. The molecule has 0 saturated carbocycles. The van der Waals surface area contributed by atoms with Crippen molar-refractivity contribution in [1.82, 2.24) is 4.98 Å². The Morgan fingerprint density at radius 1 is 0.381 bits per heavy atom. The van der Waals surface area contributed by atoms with Crippen molar-refractivity contribution in [3.05, 3.63) is 350 Å². The fraction of sp³-hybridized carbons (Fsp3) is 0.0556. The van der Waals surface area contributed by atoms with Gasteiger partial charge in [0.05, 0.1) is 16.1 Å². The van der Waals surface area contributed by atoms with Crippen LogP contribution in [0.15, 0.2) is 322 Å². The number of hydrogen-bond acceptors (Lipinski definition) is 7. The largest absolute Gasteiger partial charge is 0.355 e. The van der Waals surface area contributed by atoms with Crippen LogP contribution < -0.4 is 20.4 Å². The summed E-state index contributed by atoms with van der Waals surface area (Å²) < 4.78 is 5.11. The number of para-hydroxylation sites is 3. The zero-order valence-electron chi connectivity index (χ0n) is 53.9. The number of hydrogen-bond donors (Lipinski definition) is 2. The van der Waals surface area contributed by atoms with Gasteiger partial charge < -0.3 is 20.4 Å². The minimum absolute atomic E-state index is 0.117. The molecule has 0 radical (unpaired) electrons.